The number of hydrogen-bond donors (Lipinski definition) is 0. The molecule has 282 valence electrons. The van der Waals surface area contributed by atoms with Crippen LogP contribution in [0.4, 0.5) is 0 Å². The highest BCUT2D eigenvalue weighted by atomic mass is 35.5. The molecule has 3 aromatic heterocycles. The smallest absolute Gasteiger partial charge is 0.226 e. The number of benzene rings is 8. The highest BCUT2D eigenvalue weighted by Gasteiger charge is 2.43. The Morgan fingerprint density at radius 3 is 1.90 bits per heavy atom. The molecule has 11 aromatic rings. The minimum absolute atomic E-state index is 0.157. The van der Waals surface area contributed by atoms with Crippen molar-refractivity contribution >= 4 is 55.2 Å². The number of nitrogens with zero attached hydrogens (tertiary/aromatic N) is 5. The van der Waals surface area contributed by atoms with Crippen LogP contribution in [0.3, 0.4) is 0 Å². The zero-order valence-electron chi connectivity index (χ0n) is 32.8. The summed E-state index contributed by atoms with van der Waals surface area (Å²) in [6, 6.07) is 61.1. The lowest BCUT2D eigenvalue weighted by Crippen LogP contribution is -2.16. The standard InChI is InChI=1S/C54H34ClN5/c1-54(2)42-22-13-21-38-35-18-6-10-24-44(35)60-45-25-11-8-20-37(45)41-30-39(49(54)48(47(38)42)50(41)60)31-14-12-15-32(28-31)51-56-52(58-53(55)57-51)33-26-27-46-40(29-33)36-19-7-9-23-43(36)59(46)34-16-4-3-5-17-34/h3-30H,1-2H3. The first-order valence-corrected chi connectivity index (χ1v) is 20.8. The first kappa shape index (κ1) is 33.6. The summed E-state index contributed by atoms with van der Waals surface area (Å²) in [5, 5.41) is 4.93. The summed E-state index contributed by atoms with van der Waals surface area (Å²) in [6.45, 7) is 4.76. The van der Waals surface area contributed by atoms with Crippen LogP contribution in [0.5, 0.6) is 0 Å². The van der Waals surface area contributed by atoms with Gasteiger partial charge in [-0.1, -0.05) is 123 Å². The largest absolute Gasteiger partial charge is 0.309 e. The number of halogens is 1. The molecule has 0 fully saturated rings. The molecule has 13 rings (SSSR count). The van der Waals surface area contributed by atoms with Gasteiger partial charge in [0.1, 0.15) is 0 Å². The lowest BCUT2D eigenvalue weighted by Gasteiger charge is -2.26. The molecule has 0 amide bonds. The summed E-state index contributed by atoms with van der Waals surface area (Å²) < 4.78 is 4.82. The van der Waals surface area contributed by atoms with E-state index < -0.39 is 0 Å². The molecular formula is C54H34ClN5. The Hall–Kier alpha value is -7.34. The van der Waals surface area contributed by atoms with Crippen LogP contribution in [0.1, 0.15) is 25.0 Å². The van der Waals surface area contributed by atoms with Crippen molar-refractivity contribution in [1.82, 2.24) is 24.1 Å². The Morgan fingerprint density at radius 1 is 0.450 bits per heavy atom. The number of hydrogen-bond acceptors (Lipinski definition) is 3. The van der Waals surface area contributed by atoms with Crippen LogP contribution in [-0.4, -0.2) is 24.1 Å². The van der Waals surface area contributed by atoms with Gasteiger partial charge in [0.05, 0.1) is 27.8 Å². The second-order valence-electron chi connectivity index (χ2n) is 16.5. The van der Waals surface area contributed by atoms with Crippen LogP contribution in [-0.2, 0) is 5.41 Å². The molecule has 0 unspecified atom stereocenters. The quantitative estimate of drug-likeness (QED) is 0.178. The van der Waals surface area contributed by atoms with E-state index in [9.17, 15) is 0 Å². The summed E-state index contributed by atoms with van der Waals surface area (Å²) in [5.41, 5.74) is 18.8. The molecular weight excluding hydrogens is 754 g/mol. The summed E-state index contributed by atoms with van der Waals surface area (Å²) in [7, 11) is 0. The van der Waals surface area contributed by atoms with Crippen molar-refractivity contribution < 1.29 is 0 Å². The normalized spacial score (nSPS) is 13.4. The Morgan fingerprint density at radius 2 is 1.08 bits per heavy atom. The van der Waals surface area contributed by atoms with Gasteiger partial charge in [-0.05, 0) is 106 Å². The van der Waals surface area contributed by atoms with Gasteiger partial charge in [0.25, 0.3) is 0 Å². The second-order valence-corrected chi connectivity index (χ2v) is 16.9. The Balaban J connectivity index is 1.01. The number of rotatable bonds is 4. The first-order chi connectivity index (χ1) is 29.4. The molecule has 1 aliphatic heterocycles. The van der Waals surface area contributed by atoms with Gasteiger partial charge in [-0.3, -0.25) is 0 Å². The van der Waals surface area contributed by atoms with Gasteiger partial charge in [0.15, 0.2) is 11.6 Å². The van der Waals surface area contributed by atoms with E-state index in [0.717, 1.165) is 44.2 Å². The lowest BCUT2D eigenvalue weighted by molar-refractivity contribution is 0.662. The van der Waals surface area contributed by atoms with E-state index in [0.29, 0.717) is 11.6 Å². The topological polar surface area (TPSA) is 48.5 Å². The summed E-state index contributed by atoms with van der Waals surface area (Å²) in [4.78, 5) is 14.5. The number of para-hydroxylation sites is 4. The van der Waals surface area contributed by atoms with Crippen LogP contribution in [0.15, 0.2) is 170 Å². The lowest BCUT2D eigenvalue weighted by atomic mass is 9.78. The van der Waals surface area contributed by atoms with Crippen LogP contribution >= 0.6 is 11.6 Å². The molecule has 0 spiro atoms. The van der Waals surface area contributed by atoms with E-state index in [1.165, 1.54) is 66.4 Å². The van der Waals surface area contributed by atoms with Crippen molar-refractivity contribution in [2.24, 2.45) is 0 Å². The molecule has 0 radical (unpaired) electrons. The van der Waals surface area contributed by atoms with Crippen LogP contribution < -0.4 is 0 Å². The third kappa shape index (κ3) is 4.50. The van der Waals surface area contributed by atoms with Gasteiger partial charge in [0.2, 0.25) is 5.28 Å². The molecule has 6 heteroatoms. The number of fused-ring (bicyclic) bond motifs is 9. The maximum Gasteiger partial charge on any atom is 0.226 e. The van der Waals surface area contributed by atoms with Crippen LogP contribution in [0, 0.1) is 0 Å². The summed E-state index contributed by atoms with van der Waals surface area (Å²) in [5.74, 6) is 1.07. The highest BCUT2D eigenvalue weighted by molar-refractivity contribution is 6.28. The zero-order chi connectivity index (χ0) is 39.9. The average Bonchev–Trinajstić information content (AvgIpc) is 3.85. The van der Waals surface area contributed by atoms with Gasteiger partial charge in [-0.25, -0.2) is 4.98 Å². The van der Waals surface area contributed by atoms with Crippen LogP contribution in [0.2, 0.25) is 5.28 Å². The summed E-state index contributed by atoms with van der Waals surface area (Å²) in [6.07, 6.45) is 0. The third-order valence-corrected chi connectivity index (χ3v) is 13.2. The Kier molecular flexibility index (Phi) is 6.78. The Bertz CT molecular complexity index is 3650. The SMILES string of the molecule is CC1(C)c2cccc3c2-c2c1c(-c1cccc(-c4nc(Cl)nc(-c5ccc6c(c5)c5ccccc5n6-c5ccccc5)n4)c1)cc1c4ccccc4n(c21)-c1ccccc1-3. The van der Waals surface area contributed by atoms with Crippen molar-refractivity contribution in [3.8, 4) is 67.5 Å². The van der Waals surface area contributed by atoms with Crippen molar-refractivity contribution in [1.29, 1.82) is 0 Å². The fourth-order valence-electron chi connectivity index (χ4n) is 10.5. The molecule has 8 aromatic carbocycles. The predicted octanol–water partition coefficient (Wildman–Crippen LogP) is 14.0. The molecule has 5 nitrogen and oxygen atoms in total. The van der Waals surface area contributed by atoms with E-state index in [4.69, 9.17) is 21.6 Å². The maximum absolute atomic E-state index is 6.78. The molecule has 0 N–H and O–H groups in total. The average molecular weight is 788 g/mol. The molecule has 2 aliphatic rings. The minimum Gasteiger partial charge on any atom is -0.309 e. The van der Waals surface area contributed by atoms with Gasteiger partial charge >= 0.3 is 0 Å². The van der Waals surface area contributed by atoms with Crippen molar-refractivity contribution in [2.45, 2.75) is 19.3 Å². The van der Waals surface area contributed by atoms with Gasteiger partial charge in [0, 0.05) is 54.9 Å². The third-order valence-electron chi connectivity index (χ3n) is 13.0. The van der Waals surface area contributed by atoms with Gasteiger partial charge in [-0.15, -0.1) is 0 Å². The highest BCUT2D eigenvalue weighted by Crippen LogP contribution is 2.60. The van der Waals surface area contributed by atoms with Crippen molar-refractivity contribution in [3.63, 3.8) is 0 Å². The first-order valence-electron chi connectivity index (χ1n) is 20.4. The maximum atomic E-state index is 6.78. The second kappa shape index (κ2) is 12.1. The fourth-order valence-corrected chi connectivity index (χ4v) is 10.7. The molecule has 0 saturated carbocycles. The van der Waals surface area contributed by atoms with Crippen molar-refractivity contribution in [2.75, 3.05) is 0 Å². The van der Waals surface area contributed by atoms with Gasteiger partial charge < -0.3 is 9.13 Å². The van der Waals surface area contributed by atoms with Gasteiger partial charge in [-0.2, -0.15) is 9.97 Å². The molecule has 4 heterocycles. The predicted molar refractivity (Wildman–Crippen MR) is 246 cm³/mol. The molecule has 0 bridgehead atoms. The zero-order valence-corrected chi connectivity index (χ0v) is 33.5. The fraction of sp³-hybridized carbons (Fsp3) is 0.0556. The Labute approximate surface area is 350 Å². The number of aromatic nitrogens is 5. The molecule has 1 aliphatic carbocycles. The van der Waals surface area contributed by atoms with E-state index in [-0.39, 0.29) is 10.7 Å². The van der Waals surface area contributed by atoms with E-state index in [2.05, 4.69) is 192 Å². The molecule has 60 heavy (non-hydrogen) atoms. The van der Waals surface area contributed by atoms with E-state index in [1.807, 2.05) is 6.07 Å². The van der Waals surface area contributed by atoms with Crippen molar-refractivity contribution in [3.05, 3.63) is 186 Å². The minimum atomic E-state index is -0.264. The van der Waals surface area contributed by atoms with Crippen LogP contribution in [0.25, 0.3) is 111 Å². The van der Waals surface area contributed by atoms with E-state index >= 15 is 0 Å². The molecule has 0 saturated heterocycles. The van der Waals surface area contributed by atoms with E-state index in [1.54, 1.807) is 0 Å². The molecule has 0 atom stereocenters. The monoisotopic (exact) mass is 787 g/mol. The summed E-state index contributed by atoms with van der Waals surface area (Å²) >= 11 is 6.78.